The summed E-state index contributed by atoms with van der Waals surface area (Å²) in [6.07, 6.45) is 3.00. The van der Waals surface area contributed by atoms with Crippen LogP contribution in [0, 0.1) is 11.6 Å². The summed E-state index contributed by atoms with van der Waals surface area (Å²) in [5.74, 6) is -0.128. The standard InChI is InChI=1S/C17H11F2N5/c18-11-4-6-13(7-5-11)23-16-15-9-22-24(17(15)21-10-20-16)14-3-1-2-12(19)8-14/h1-10H,(H,20,21,23). The fourth-order valence-corrected chi connectivity index (χ4v) is 2.41. The molecule has 24 heavy (non-hydrogen) atoms. The summed E-state index contributed by atoms with van der Waals surface area (Å²) in [4.78, 5) is 8.44. The zero-order valence-corrected chi connectivity index (χ0v) is 12.3. The van der Waals surface area contributed by atoms with E-state index in [1.54, 1.807) is 30.5 Å². The van der Waals surface area contributed by atoms with E-state index in [9.17, 15) is 8.78 Å². The molecule has 0 radical (unpaired) electrons. The molecule has 2 heterocycles. The maximum atomic E-state index is 13.4. The lowest BCUT2D eigenvalue weighted by molar-refractivity contribution is 0.625. The van der Waals surface area contributed by atoms with Gasteiger partial charge in [0.2, 0.25) is 0 Å². The molecule has 0 aliphatic heterocycles. The van der Waals surface area contributed by atoms with Crippen LogP contribution in [0.5, 0.6) is 0 Å². The minimum atomic E-state index is -0.352. The Morgan fingerprint density at radius 2 is 1.75 bits per heavy atom. The molecule has 0 aliphatic carbocycles. The number of aromatic nitrogens is 4. The number of fused-ring (bicyclic) bond motifs is 1. The Morgan fingerprint density at radius 3 is 2.54 bits per heavy atom. The molecule has 0 aliphatic rings. The molecule has 5 nitrogen and oxygen atoms in total. The number of halogens is 2. The molecule has 0 saturated heterocycles. The van der Waals surface area contributed by atoms with E-state index >= 15 is 0 Å². The monoisotopic (exact) mass is 323 g/mol. The van der Waals surface area contributed by atoms with E-state index in [0.29, 0.717) is 28.2 Å². The lowest BCUT2D eigenvalue weighted by Crippen LogP contribution is -2.00. The minimum absolute atomic E-state index is 0.313. The Morgan fingerprint density at radius 1 is 0.917 bits per heavy atom. The number of nitrogens with zero attached hydrogens (tertiary/aromatic N) is 4. The van der Waals surface area contributed by atoms with Crippen molar-refractivity contribution in [1.29, 1.82) is 0 Å². The van der Waals surface area contributed by atoms with Crippen LogP contribution in [0.25, 0.3) is 16.7 Å². The largest absolute Gasteiger partial charge is 0.340 e. The van der Waals surface area contributed by atoms with Gasteiger partial charge in [0.1, 0.15) is 23.8 Å². The quantitative estimate of drug-likeness (QED) is 0.622. The highest BCUT2D eigenvalue weighted by molar-refractivity contribution is 5.89. The van der Waals surface area contributed by atoms with Crippen molar-refractivity contribution in [1.82, 2.24) is 19.7 Å². The predicted molar refractivity (Wildman–Crippen MR) is 86.3 cm³/mol. The van der Waals surface area contributed by atoms with E-state index in [1.807, 2.05) is 0 Å². The average molecular weight is 323 g/mol. The number of hydrogen-bond acceptors (Lipinski definition) is 4. The van der Waals surface area contributed by atoms with Crippen molar-refractivity contribution in [3.63, 3.8) is 0 Å². The third-order valence-corrected chi connectivity index (χ3v) is 3.53. The molecule has 0 amide bonds. The fraction of sp³-hybridized carbons (Fsp3) is 0. The van der Waals surface area contributed by atoms with Gasteiger partial charge >= 0.3 is 0 Å². The van der Waals surface area contributed by atoms with E-state index < -0.39 is 0 Å². The Hall–Kier alpha value is -3.35. The second kappa shape index (κ2) is 5.69. The molecular weight excluding hydrogens is 312 g/mol. The number of anilines is 2. The van der Waals surface area contributed by atoms with Gasteiger partial charge in [0.05, 0.1) is 17.3 Å². The van der Waals surface area contributed by atoms with Crippen LogP contribution in [0.2, 0.25) is 0 Å². The van der Waals surface area contributed by atoms with Gasteiger partial charge in [-0.05, 0) is 42.5 Å². The van der Waals surface area contributed by atoms with Gasteiger partial charge in [-0.3, -0.25) is 0 Å². The molecule has 4 rings (SSSR count). The fourth-order valence-electron chi connectivity index (χ4n) is 2.41. The van der Waals surface area contributed by atoms with Crippen LogP contribution in [0.3, 0.4) is 0 Å². The maximum absolute atomic E-state index is 13.4. The third-order valence-electron chi connectivity index (χ3n) is 3.53. The molecular formula is C17H11F2N5. The first-order valence-electron chi connectivity index (χ1n) is 7.18. The van der Waals surface area contributed by atoms with Crippen molar-refractivity contribution in [2.45, 2.75) is 0 Å². The maximum Gasteiger partial charge on any atom is 0.168 e. The van der Waals surface area contributed by atoms with E-state index in [4.69, 9.17) is 0 Å². The molecule has 0 bridgehead atoms. The van der Waals surface area contributed by atoms with E-state index in [2.05, 4.69) is 20.4 Å². The molecule has 118 valence electrons. The second-order valence-corrected chi connectivity index (χ2v) is 5.13. The van der Waals surface area contributed by atoms with Crippen LogP contribution in [-0.4, -0.2) is 19.7 Å². The molecule has 1 N–H and O–H groups in total. The lowest BCUT2D eigenvalue weighted by Gasteiger charge is -2.07. The van der Waals surface area contributed by atoms with Crippen molar-refractivity contribution >= 4 is 22.5 Å². The number of hydrogen-bond donors (Lipinski definition) is 1. The first kappa shape index (κ1) is 14.3. The highest BCUT2D eigenvalue weighted by Crippen LogP contribution is 2.24. The second-order valence-electron chi connectivity index (χ2n) is 5.13. The van der Waals surface area contributed by atoms with Gasteiger partial charge in [0.25, 0.3) is 0 Å². The zero-order valence-electron chi connectivity index (χ0n) is 12.3. The van der Waals surface area contributed by atoms with E-state index in [0.717, 1.165) is 0 Å². The molecule has 7 heteroatoms. The van der Waals surface area contributed by atoms with Crippen LogP contribution >= 0.6 is 0 Å². The van der Waals surface area contributed by atoms with Gasteiger partial charge in [-0.1, -0.05) is 6.07 Å². The molecule has 2 aromatic carbocycles. The first-order chi connectivity index (χ1) is 11.7. The SMILES string of the molecule is Fc1ccc(Nc2ncnc3c2cnn3-c2cccc(F)c2)cc1. The molecule has 2 aromatic heterocycles. The Kier molecular flexibility index (Phi) is 3.38. The topological polar surface area (TPSA) is 55.6 Å². The molecule has 0 atom stereocenters. The van der Waals surface area contributed by atoms with Crippen molar-refractivity contribution in [2.75, 3.05) is 5.32 Å². The van der Waals surface area contributed by atoms with Crippen molar-refractivity contribution < 1.29 is 8.78 Å². The number of rotatable bonds is 3. The molecule has 0 spiro atoms. The first-order valence-corrected chi connectivity index (χ1v) is 7.18. The van der Waals surface area contributed by atoms with Gasteiger partial charge in [-0.15, -0.1) is 0 Å². The van der Waals surface area contributed by atoms with Crippen molar-refractivity contribution in [3.05, 3.63) is 72.7 Å². The van der Waals surface area contributed by atoms with Crippen LogP contribution < -0.4 is 5.32 Å². The minimum Gasteiger partial charge on any atom is -0.340 e. The summed E-state index contributed by atoms with van der Waals surface area (Å²) in [7, 11) is 0. The molecule has 0 fully saturated rings. The van der Waals surface area contributed by atoms with Crippen molar-refractivity contribution in [3.8, 4) is 5.69 Å². The summed E-state index contributed by atoms with van der Waals surface area (Å²) in [5.41, 5.74) is 1.80. The Balaban J connectivity index is 1.77. The summed E-state index contributed by atoms with van der Waals surface area (Å²) in [6, 6.07) is 12.0. The van der Waals surface area contributed by atoms with Crippen LogP contribution in [0.15, 0.2) is 61.1 Å². The van der Waals surface area contributed by atoms with Crippen molar-refractivity contribution in [2.24, 2.45) is 0 Å². The van der Waals surface area contributed by atoms with Gasteiger partial charge in [0, 0.05) is 5.69 Å². The average Bonchev–Trinajstić information content (AvgIpc) is 3.02. The van der Waals surface area contributed by atoms with E-state index in [-0.39, 0.29) is 11.6 Å². The van der Waals surface area contributed by atoms with Gasteiger partial charge in [0.15, 0.2) is 5.65 Å². The summed E-state index contributed by atoms with van der Waals surface area (Å²) in [6.45, 7) is 0. The zero-order chi connectivity index (χ0) is 16.5. The van der Waals surface area contributed by atoms with Gasteiger partial charge in [-0.25, -0.2) is 23.4 Å². The predicted octanol–water partition coefficient (Wildman–Crippen LogP) is 3.84. The Labute approximate surface area is 135 Å². The van der Waals surface area contributed by atoms with Crippen LogP contribution in [0.1, 0.15) is 0 Å². The number of nitrogens with one attached hydrogen (secondary N) is 1. The highest BCUT2D eigenvalue weighted by Gasteiger charge is 2.11. The summed E-state index contributed by atoms with van der Waals surface area (Å²) < 4.78 is 28.0. The smallest absolute Gasteiger partial charge is 0.168 e. The normalized spacial score (nSPS) is 10.9. The third kappa shape index (κ3) is 2.56. The molecule has 0 saturated carbocycles. The highest BCUT2D eigenvalue weighted by atomic mass is 19.1. The molecule has 4 aromatic rings. The summed E-state index contributed by atoms with van der Waals surface area (Å²) in [5, 5.41) is 8.05. The van der Waals surface area contributed by atoms with Gasteiger partial charge in [-0.2, -0.15) is 5.10 Å². The summed E-state index contributed by atoms with van der Waals surface area (Å²) >= 11 is 0. The van der Waals surface area contributed by atoms with Crippen LogP contribution in [0.4, 0.5) is 20.3 Å². The van der Waals surface area contributed by atoms with Gasteiger partial charge < -0.3 is 5.32 Å². The lowest BCUT2D eigenvalue weighted by atomic mass is 10.3. The number of benzene rings is 2. The molecule has 0 unspecified atom stereocenters. The Bertz CT molecular complexity index is 1010. The van der Waals surface area contributed by atoms with E-state index in [1.165, 1.54) is 35.3 Å². The van der Waals surface area contributed by atoms with Crippen LogP contribution in [-0.2, 0) is 0 Å².